The van der Waals surface area contributed by atoms with Crippen molar-refractivity contribution in [1.82, 2.24) is 4.98 Å². The van der Waals surface area contributed by atoms with E-state index in [-0.39, 0.29) is 11.2 Å². The number of benzene rings is 1. The summed E-state index contributed by atoms with van der Waals surface area (Å²) in [5.74, 6) is 0.232. The lowest BCUT2D eigenvalue weighted by Crippen LogP contribution is -2.24. The van der Waals surface area contributed by atoms with Crippen LogP contribution in [0.2, 0.25) is 0 Å². The summed E-state index contributed by atoms with van der Waals surface area (Å²) in [7, 11) is 0. The molecule has 2 rings (SSSR count). The number of aryl methyl sites for hydroxylation is 2. The zero-order chi connectivity index (χ0) is 20.3. The van der Waals surface area contributed by atoms with Crippen LogP contribution >= 0.6 is 11.8 Å². The van der Waals surface area contributed by atoms with Crippen LogP contribution < -0.4 is 5.32 Å². The van der Waals surface area contributed by atoms with Gasteiger partial charge in [-0.25, -0.2) is 4.98 Å². The van der Waals surface area contributed by atoms with Crippen molar-refractivity contribution in [3.05, 3.63) is 51.7 Å². The number of anilines is 1. The Morgan fingerprint density at radius 1 is 1.15 bits per heavy atom. The summed E-state index contributed by atoms with van der Waals surface area (Å²) in [6.07, 6.45) is 0. The molecule has 0 unspecified atom stereocenters. The molecule has 0 spiro atoms. The first-order chi connectivity index (χ1) is 12.7. The van der Waals surface area contributed by atoms with E-state index < -0.39 is 0 Å². The smallest absolute Gasteiger partial charge is 0.237 e. The van der Waals surface area contributed by atoms with E-state index in [2.05, 4.69) is 30.2 Å². The van der Waals surface area contributed by atoms with E-state index in [0.717, 1.165) is 33.6 Å². The van der Waals surface area contributed by atoms with Crippen molar-refractivity contribution < 1.29 is 4.79 Å². The number of carbonyl (C=O) groups excluding carboxylic acids is 1. The van der Waals surface area contributed by atoms with Crippen LogP contribution in [0.5, 0.6) is 0 Å². The van der Waals surface area contributed by atoms with Crippen LogP contribution in [0.1, 0.15) is 60.2 Å². The molecule has 4 nitrogen and oxygen atoms in total. The van der Waals surface area contributed by atoms with Crippen LogP contribution in [-0.2, 0) is 4.79 Å². The first kappa shape index (κ1) is 21.0. The van der Waals surface area contributed by atoms with Gasteiger partial charge >= 0.3 is 0 Å². The largest absolute Gasteiger partial charge is 0.325 e. The Morgan fingerprint density at radius 3 is 2.41 bits per heavy atom. The van der Waals surface area contributed by atoms with Gasteiger partial charge in [0.25, 0.3) is 0 Å². The Balaban J connectivity index is 2.28. The Morgan fingerprint density at radius 2 is 1.81 bits per heavy atom. The van der Waals surface area contributed by atoms with Gasteiger partial charge in [0.2, 0.25) is 5.91 Å². The molecule has 0 fully saturated rings. The highest BCUT2D eigenvalue weighted by atomic mass is 32.2. The lowest BCUT2D eigenvalue weighted by atomic mass is 9.98. The summed E-state index contributed by atoms with van der Waals surface area (Å²) in [5, 5.41) is 12.9. The number of carbonyl (C=O) groups is 1. The first-order valence-electron chi connectivity index (χ1n) is 9.12. The molecule has 0 saturated carbocycles. The Bertz CT molecular complexity index is 913. The van der Waals surface area contributed by atoms with Crippen molar-refractivity contribution in [3.63, 3.8) is 0 Å². The number of nitrogens with one attached hydrogen (secondary N) is 1. The molecule has 1 aromatic heterocycles. The minimum absolute atomic E-state index is 0.0854. The first-order valence-corrected chi connectivity index (χ1v) is 10.00. The number of nitrogens with zero attached hydrogens (tertiary/aromatic N) is 2. The SMILES string of the molecule is Cc1cccc(C(C)C)c1NC(=O)[C@H](C)Sc1nc(C)c(C)c(C)c1C#N. The van der Waals surface area contributed by atoms with Gasteiger partial charge in [0.05, 0.1) is 10.8 Å². The Labute approximate surface area is 166 Å². The molecule has 27 heavy (non-hydrogen) atoms. The Kier molecular flexibility index (Phi) is 6.67. The maximum absolute atomic E-state index is 12.8. The van der Waals surface area contributed by atoms with Gasteiger partial charge in [-0.05, 0) is 62.8 Å². The maximum atomic E-state index is 12.8. The number of pyridine rings is 1. The van der Waals surface area contributed by atoms with E-state index in [0.29, 0.717) is 16.5 Å². The third kappa shape index (κ3) is 4.51. The predicted molar refractivity (Wildman–Crippen MR) is 112 cm³/mol. The normalized spacial score (nSPS) is 12.0. The number of para-hydroxylation sites is 1. The van der Waals surface area contributed by atoms with Crippen molar-refractivity contribution >= 4 is 23.4 Å². The summed E-state index contributed by atoms with van der Waals surface area (Å²) in [4.78, 5) is 17.4. The molecule has 0 saturated heterocycles. The molecular weight excluding hydrogens is 354 g/mol. The second kappa shape index (κ2) is 8.58. The fourth-order valence-electron chi connectivity index (χ4n) is 2.92. The van der Waals surface area contributed by atoms with Gasteiger partial charge in [-0.15, -0.1) is 0 Å². The van der Waals surface area contributed by atoms with Crippen molar-refractivity contribution in [2.75, 3.05) is 5.32 Å². The van der Waals surface area contributed by atoms with E-state index in [1.165, 1.54) is 11.8 Å². The average Bonchev–Trinajstić information content (AvgIpc) is 2.61. The standard InChI is InChI=1S/C22H27N3OS/c1-12(2)18-10-8-9-13(3)20(18)25-21(26)17(7)27-22-19(11-23)15(5)14(4)16(6)24-22/h8-10,12,17H,1-7H3,(H,25,26)/t17-/m0/s1. The summed E-state index contributed by atoms with van der Waals surface area (Å²) >= 11 is 1.33. The number of nitriles is 1. The van der Waals surface area contributed by atoms with Crippen molar-refractivity contribution in [3.8, 4) is 6.07 Å². The van der Waals surface area contributed by atoms with Crippen LogP contribution in [0.25, 0.3) is 0 Å². The van der Waals surface area contributed by atoms with Gasteiger partial charge in [0.1, 0.15) is 11.1 Å². The molecule has 1 heterocycles. The summed E-state index contributed by atoms with van der Waals surface area (Å²) in [6, 6.07) is 8.31. The van der Waals surface area contributed by atoms with Crippen molar-refractivity contribution in [1.29, 1.82) is 5.26 Å². The van der Waals surface area contributed by atoms with Crippen LogP contribution in [0.4, 0.5) is 5.69 Å². The van der Waals surface area contributed by atoms with E-state index in [1.807, 2.05) is 52.8 Å². The highest BCUT2D eigenvalue weighted by Gasteiger charge is 2.21. The molecular formula is C22H27N3OS. The van der Waals surface area contributed by atoms with Crippen LogP contribution in [0.3, 0.4) is 0 Å². The number of aromatic nitrogens is 1. The molecule has 5 heteroatoms. The number of thioether (sulfide) groups is 1. The van der Waals surface area contributed by atoms with Gasteiger partial charge in [-0.3, -0.25) is 4.79 Å². The minimum Gasteiger partial charge on any atom is -0.325 e. The molecule has 1 N–H and O–H groups in total. The van der Waals surface area contributed by atoms with E-state index in [9.17, 15) is 10.1 Å². The van der Waals surface area contributed by atoms with Crippen molar-refractivity contribution in [2.45, 2.75) is 64.7 Å². The molecule has 1 atom stereocenters. The maximum Gasteiger partial charge on any atom is 0.237 e. The van der Waals surface area contributed by atoms with Gasteiger partial charge in [0.15, 0.2) is 0 Å². The second-order valence-corrected chi connectivity index (χ2v) is 8.51. The topological polar surface area (TPSA) is 65.8 Å². The molecule has 0 bridgehead atoms. The quantitative estimate of drug-likeness (QED) is 0.701. The van der Waals surface area contributed by atoms with Gasteiger partial charge in [0, 0.05) is 11.4 Å². The average molecular weight is 382 g/mol. The number of hydrogen-bond acceptors (Lipinski definition) is 4. The number of amides is 1. The fraction of sp³-hybridized carbons (Fsp3) is 0.409. The summed E-state index contributed by atoms with van der Waals surface area (Å²) in [6.45, 7) is 13.9. The molecule has 1 amide bonds. The predicted octanol–water partition coefficient (Wildman–Crippen LogP) is 5.43. The van der Waals surface area contributed by atoms with E-state index >= 15 is 0 Å². The third-order valence-electron chi connectivity index (χ3n) is 4.91. The highest BCUT2D eigenvalue weighted by Crippen LogP contribution is 2.31. The molecule has 0 radical (unpaired) electrons. The molecule has 0 aliphatic rings. The zero-order valence-electron chi connectivity index (χ0n) is 17.1. The molecule has 142 valence electrons. The van der Waals surface area contributed by atoms with E-state index in [4.69, 9.17) is 0 Å². The molecule has 2 aromatic rings. The zero-order valence-corrected chi connectivity index (χ0v) is 17.9. The van der Waals surface area contributed by atoms with Crippen LogP contribution in [0, 0.1) is 39.0 Å². The van der Waals surface area contributed by atoms with Gasteiger partial charge in [-0.2, -0.15) is 5.26 Å². The second-order valence-electron chi connectivity index (χ2n) is 7.18. The lowest BCUT2D eigenvalue weighted by Gasteiger charge is -2.19. The van der Waals surface area contributed by atoms with Gasteiger partial charge in [-0.1, -0.05) is 43.8 Å². The fourth-order valence-corrected chi connectivity index (χ4v) is 3.92. The minimum atomic E-state index is -0.370. The van der Waals surface area contributed by atoms with Gasteiger partial charge < -0.3 is 5.32 Å². The highest BCUT2D eigenvalue weighted by molar-refractivity contribution is 8.00. The summed E-state index contributed by atoms with van der Waals surface area (Å²) < 4.78 is 0. The Hall–Kier alpha value is -2.32. The molecule has 0 aliphatic carbocycles. The molecule has 0 aliphatic heterocycles. The number of hydrogen-bond donors (Lipinski definition) is 1. The monoisotopic (exact) mass is 381 g/mol. The van der Waals surface area contributed by atoms with Crippen molar-refractivity contribution in [2.24, 2.45) is 0 Å². The molecule has 1 aromatic carbocycles. The van der Waals surface area contributed by atoms with E-state index in [1.54, 1.807) is 0 Å². The van der Waals surface area contributed by atoms with Crippen LogP contribution in [-0.4, -0.2) is 16.1 Å². The van der Waals surface area contributed by atoms with Crippen LogP contribution in [0.15, 0.2) is 23.2 Å². The summed E-state index contributed by atoms with van der Waals surface area (Å²) in [5.41, 5.74) is 6.46. The lowest BCUT2D eigenvalue weighted by molar-refractivity contribution is -0.115. The number of rotatable bonds is 5. The third-order valence-corrected chi connectivity index (χ3v) is 5.99.